The number of hydrogen-bond acceptors (Lipinski definition) is 5. The van der Waals surface area contributed by atoms with Crippen molar-refractivity contribution < 1.29 is 24.2 Å². The Bertz CT molecular complexity index is 488. The van der Waals surface area contributed by atoms with Crippen LogP contribution in [-0.4, -0.2) is 50.0 Å². The Morgan fingerprint density at radius 2 is 2.26 bits per heavy atom. The highest BCUT2D eigenvalue weighted by Crippen LogP contribution is 2.24. The molecule has 19 heavy (non-hydrogen) atoms. The number of benzene rings is 1. The third-order valence-corrected chi connectivity index (χ3v) is 2.94. The standard InChI is InChI=1S/C13H15NO5/c1-18-13(17)9-4-2-3-5-10(9)14-6-7-19-11(8-15)12(14)16/h2-5,11,15H,6-8H2,1H3. The van der Waals surface area contributed by atoms with Crippen molar-refractivity contribution in [1.82, 2.24) is 0 Å². The number of ether oxygens (including phenoxy) is 2. The molecular weight excluding hydrogens is 250 g/mol. The second-order valence-corrected chi connectivity index (χ2v) is 4.04. The van der Waals surface area contributed by atoms with Crippen molar-refractivity contribution in [3.63, 3.8) is 0 Å². The van der Waals surface area contributed by atoms with Crippen molar-refractivity contribution in [2.45, 2.75) is 6.10 Å². The predicted octanol–water partition coefficient (Wildman–Crippen LogP) is 0.197. The van der Waals surface area contributed by atoms with E-state index in [1.54, 1.807) is 24.3 Å². The number of aliphatic hydroxyl groups excluding tert-OH is 1. The number of hydrogen-bond donors (Lipinski definition) is 1. The van der Waals surface area contributed by atoms with Gasteiger partial charge < -0.3 is 19.5 Å². The number of morpholine rings is 1. The van der Waals surface area contributed by atoms with E-state index in [2.05, 4.69) is 0 Å². The Morgan fingerprint density at radius 3 is 2.95 bits per heavy atom. The van der Waals surface area contributed by atoms with E-state index >= 15 is 0 Å². The first-order valence-corrected chi connectivity index (χ1v) is 5.90. The first-order chi connectivity index (χ1) is 9.19. The van der Waals surface area contributed by atoms with Crippen LogP contribution < -0.4 is 4.90 Å². The van der Waals surface area contributed by atoms with Gasteiger partial charge in [0.25, 0.3) is 5.91 Å². The Kier molecular flexibility index (Phi) is 4.13. The molecule has 0 spiro atoms. The van der Waals surface area contributed by atoms with E-state index in [0.717, 1.165) is 0 Å². The van der Waals surface area contributed by atoms with Crippen molar-refractivity contribution in [2.75, 3.05) is 31.8 Å². The van der Waals surface area contributed by atoms with Crippen LogP contribution in [0.3, 0.4) is 0 Å². The van der Waals surface area contributed by atoms with Crippen LogP contribution in [0.25, 0.3) is 0 Å². The van der Waals surface area contributed by atoms with Crippen molar-refractivity contribution in [1.29, 1.82) is 0 Å². The zero-order valence-electron chi connectivity index (χ0n) is 10.5. The van der Waals surface area contributed by atoms with Crippen LogP contribution in [0.15, 0.2) is 24.3 Å². The van der Waals surface area contributed by atoms with Gasteiger partial charge in [0.1, 0.15) is 0 Å². The fourth-order valence-corrected chi connectivity index (χ4v) is 2.00. The summed E-state index contributed by atoms with van der Waals surface area (Å²) in [7, 11) is 1.29. The zero-order valence-corrected chi connectivity index (χ0v) is 10.5. The lowest BCUT2D eigenvalue weighted by molar-refractivity contribution is -0.136. The van der Waals surface area contributed by atoms with Gasteiger partial charge >= 0.3 is 5.97 Å². The van der Waals surface area contributed by atoms with Crippen LogP contribution in [0.2, 0.25) is 0 Å². The molecule has 1 aliphatic rings. The third kappa shape index (κ3) is 2.59. The van der Waals surface area contributed by atoms with Crippen LogP contribution >= 0.6 is 0 Å². The minimum Gasteiger partial charge on any atom is -0.465 e. The minimum atomic E-state index is -0.876. The summed E-state index contributed by atoms with van der Waals surface area (Å²) in [5, 5.41) is 9.09. The summed E-state index contributed by atoms with van der Waals surface area (Å²) >= 11 is 0. The minimum absolute atomic E-state index is 0.312. The van der Waals surface area contributed by atoms with Gasteiger partial charge in [0.15, 0.2) is 6.10 Å². The number of amides is 1. The molecule has 1 N–H and O–H groups in total. The maximum absolute atomic E-state index is 12.1. The fraction of sp³-hybridized carbons (Fsp3) is 0.385. The number of esters is 1. The lowest BCUT2D eigenvalue weighted by Gasteiger charge is -2.32. The van der Waals surface area contributed by atoms with Gasteiger partial charge in [-0.25, -0.2) is 4.79 Å². The van der Waals surface area contributed by atoms with Gasteiger partial charge in [-0.2, -0.15) is 0 Å². The average Bonchev–Trinajstić information content (AvgIpc) is 2.47. The summed E-state index contributed by atoms with van der Waals surface area (Å²) < 4.78 is 9.86. The number of anilines is 1. The van der Waals surface area contributed by atoms with Crippen molar-refractivity contribution in [3.8, 4) is 0 Å². The van der Waals surface area contributed by atoms with Crippen LogP contribution in [0, 0.1) is 0 Å². The van der Waals surface area contributed by atoms with Gasteiger partial charge in [-0.05, 0) is 12.1 Å². The Morgan fingerprint density at radius 1 is 1.53 bits per heavy atom. The molecule has 0 saturated carbocycles. The highest BCUT2D eigenvalue weighted by Gasteiger charge is 2.31. The molecule has 6 heteroatoms. The fourth-order valence-electron chi connectivity index (χ4n) is 2.00. The summed E-state index contributed by atoms with van der Waals surface area (Å²) in [5.41, 5.74) is 0.790. The van der Waals surface area contributed by atoms with E-state index in [-0.39, 0.29) is 12.5 Å². The number of methoxy groups -OCH3 is 1. The van der Waals surface area contributed by atoms with E-state index in [9.17, 15) is 9.59 Å². The van der Waals surface area contributed by atoms with Crippen LogP contribution in [-0.2, 0) is 14.3 Å². The second-order valence-electron chi connectivity index (χ2n) is 4.04. The highest BCUT2D eigenvalue weighted by molar-refractivity contribution is 6.04. The van der Waals surface area contributed by atoms with E-state index < -0.39 is 12.1 Å². The van der Waals surface area contributed by atoms with Gasteiger partial charge in [0.2, 0.25) is 0 Å². The lowest BCUT2D eigenvalue weighted by atomic mass is 10.1. The normalized spacial score (nSPS) is 19.4. The molecule has 1 atom stereocenters. The molecule has 1 aromatic rings. The number of para-hydroxylation sites is 1. The summed E-state index contributed by atoms with van der Waals surface area (Å²) in [6, 6.07) is 6.70. The Balaban J connectivity index is 2.35. The molecule has 1 amide bonds. The molecule has 102 valence electrons. The maximum Gasteiger partial charge on any atom is 0.339 e. The number of carbonyl (C=O) groups excluding carboxylic acids is 2. The molecule has 1 saturated heterocycles. The van der Waals surface area contributed by atoms with Crippen molar-refractivity contribution in [2.24, 2.45) is 0 Å². The first-order valence-electron chi connectivity index (χ1n) is 5.90. The SMILES string of the molecule is COC(=O)c1ccccc1N1CCOC(CO)C1=O. The molecule has 1 unspecified atom stereocenters. The lowest BCUT2D eigenvalue weighted by Crippen LogP contribution is -2.49. The quantitative estimate of drug-likeness (QED) is 0.790. The van der Waals surface area contributed by atoms with Crippen LogP contribution in [0.4, 0.5) is 5.69 Å². The number of aliphatic hydroxyl groups is 1. The molecule has 2 rings (SSSR count). The molecule has 1 fully saturated rings. The maximum atomic E-state index is 12.1. The summed E-state index contributed by atoms with van der Waals surface area (Å²) in [6.45, 7) is 0.269. The van der Waals surface area contributed by atoms with Gasteiger partial charge in [0, 0.05) is 6.54 Å². The second kappa shape index (κ2) is 5.81. The molecule has 0 aliphatic carbocycles. The summed E-state index contributed by atoms with van der Waals surface area (Å²) in [5.74, 6) is -0.861. The van der Waals surface area contributed by atoms with E-state index in [1.807, 2.05) is 0 Å². The molecule has 0 aromatic heterocycles. The summed E-state index contributed by atoms with van der Waals surface area (Å²) in [4.78, 5) is 25.2. The molecule has 6 nitrogen and oxygen atoms in total. The molecule has 1 aromatic carbocycles. The average molecular weight is 265 g/mol. The van der Waals surface area contributed by atoms with E-state index in [4.69, 9.17) is 14.6 Å². The smallest absolute Gasteiger partial charge is 0.339 e. The molecular formula is C13H15NO5. The number of rotatable bonds is 3. The monoisotopic (exact) mass is 265 g/mol. The summed E-state index contributed by atoms with van der Waals surface area (Å²) in [6.07, 6.45) is -0.876. The zero-order chi connectivity index (χ0) is 13.8. The molecule has 0 radical (unpaired) electrons. The predicted molar refractivity (Wildman–Crippen MR) is 67.0 cm³/mol. The van der Waals surface area contributed by atoms with Crippen LogP contribution in [0.5, 0.6) is 0 Å². The van der Waals surface area contributed by atoms with Gasteiger partial charge in [-0.1, -0.05) is 12.1 Å². The van der Waals surface area contributed by atoms with Crippen molar-refractivity contribution in [3.05, 3.63) is 29.8 Å². The molecule has 0 bridgehead atoms. The largest absolute Gasteiger partial charge is 0.465 e. The topological polar surface area (TPSA) is 76.1 Å². The third-order valence-electron chi connectivity index (χ3n) is 2.94. The van der Waals surface area contributed by atoms with E-state index in [1.165, 1.54) is 12.0 Å². The van der Waals surface area contributed by atoms with E-state index in [0.29, 0.717) is 24.4 Å². The van der Waals surface area contributed by atoms with Gasteiger partial charge in [-0.3, -0.25) is 4.79 Å². The number of nitrogens with zero attached hydrogens (tertiary/aromatic N) is 1. The Labute approximate surface area is 110 Å². The van der Waals surface area contributed by atoms with Gasteiger partial charge in [-0.15, -0.1) is 0 Å². The van der Waals surface area contributed by atoms with Crippen molar-refractivity contribution >= 4 is 17.6 Å². The van der Waals surface area contributed by atoms with Gasteiger partial charge in [0.05, 0.1) is 31.6 Å². The molecule has 1 heterocycles. The first kappa shape index (κ1) is 13.5. The molecule has 1 aliphatic heterocycles. The Hall–Kier alpha value is -1.92. The highest BCUT2D eigenvalue weighted by atomic mass is 16.5. The van der Waals surface area contributed by atoms with Crippen LogP contribution in [0.1, 0.15) is 10.4 Å². The number of carbonyl (C=O) groups is 2.